The van der Waals surface area contributed by atoms with Gasteiger partial charge in [-0.05, 0) is 36.8 Å². The highest BCUT2D eigenvalue weighted by atomic mass is 16.1. The number of hydrogen-bond donors (Lipinski definition) is 1. The van der Waals surface area contributed by atoms with E-state index in [2.05, 4.69) is 0 Å². The van der Waals surface area contributed by atoms with Crippen molar-refractivity contribution in [3.05, 3.63) is 58.5 Å². The number of imidazole rings is 1. The van der Waals surface area contributed by atoms with E-state index in [0.29, 0.717) is 5.69 Å². The smallest absolute Gasteiger partial charge is 0.333 e. The Balaban J connectivity index is 2.46. The molecule has 0 aliphatic rings. The van der Waals surface area contributed by atoms with E-state index >= 15 is 0 Å². The number of aromatic nitrogens is 2. The molecular weight excluding hydrogens is 238 g/mol. The first-order valence-electron chi connectivity index (χ1n) is 6.12. The summed E-state index contributed by atoms with van der Waals surface area (Å²) in [6.07, 6.45) is 0. The molecule has 1 heterocycles. The average Bonchev–Trinajstić information content (AvgIpc) is 2.66. The molecule has 19 heavy (non-hydrogen) atoms. The van der Waals surface area contributed by atoms with Crippen LogP contribution in [0.1, 0.15) is 5.56 Å². The first kappa shape index (κ1) is 11.6. The number of fused-ring (bicyclic) bond motifs is 1. The number of aryl methyl sites for hydroxylation is 2. The molecule has 2 N–H and O–H groups in total. The minimum atomic E-state index is -0.0603. The minimum absolute atomic E-state index is 0.0603. The van der Waals surface area contributed by atoms with Gasteiger partial charge in [0.05, 0.1) is 16.7 Å². The highest BCUT2D eigenvalue weighted by molar-refractivity contribution is 5.78. The number of benzene rings is 2. The quantitative estimate of drug-likeness (QED) is 0.676. The maximum absolute atomic E-state index is 12.4. The van der Waals surface area contributed by atoms with Crippen LogP contribution in [0, 0.1) is 6.92 Å². The van der Waals surface area contributed by atoms with Gasteiger partial charge in [-0.1, -0.05) is 18.2 Å². The normalized spacial score (nSPS) is 11.1. The molecule has 2 aromatic carbocycles. The van der Waals surface area contributed by atoms with E-state index < -0.39 is 0 Å². The van der Waals surface area contributed by atoms with Crippen LogP contribution in [0.3, 0.4) is 0 Å². The summed E-state index contributed by atoms with van der Waals surface area (Å²) in [6, 6.07) is 13.4. The first-order valence-corrected chi connectivity index (χ1v) is 6.12. The zero-order valence-corrected chi connectivity index (χ0v) is 10.9. The predicted molar refractivity (Wildman–Crippen MR) is 77.7 cm³/mol. The highest BCUT2D eigenvalue weighted by Gasteiger charge is 2.13. The van der Waals surface area contributed by atoms with Crippen molar-refractivity contribution in [1.29, 1.82) is 0 Å². The molecule has 0 bridgehead atoms. The lowest BCUT2D eigenvalue weighted by atomic mass is 10.1. The van der Waals surface area contributed by atoms with E-state index in [0.717, 1.165) is 22.3 Å². The summed E-state index contributed by atoms with van der Waals surface area (Å²) in [7, 11) is 1.78. The van der Waals surface area contributed by atoms with E-state index in [1.807, 2.05) is 49.4 Å². The fraction of sp³-hybridized carbons (Fsp3) is 0.133. The van der Waals surface area contributed by atoms with Gasteiger partial charge in [0.15, 0.2) is 0 Å². The second kappa shape index (κ2) is 4.02. The van der Waals surface area contributed by atoms with E-state index in [-0.39, 0.29) is 5.69 Å². The number of hydrogen-bond acceptors (Lipinski definition) is 2. The molecule has 0 unspecified atom stereocenters. The molecule has 0 aliphatic carbocycles. The van der Waals surface area contributed by atoms with Gasteiger partial charge in [-0.25, -0.2) is 4.79 Å². The molecule has 0 saturated heterocycles. The molecule has 1 aromatic heterocycles. The van der Waals surface area contributed by atoms with E-state index in [4.69, 9.17) is 5.73 Å². The predicted octanol–water partition coefficient (Wildman–Crippen LogP) is 2.22. The fourth-order valence-corrected chi connectivity index (χ4v) is 2.39. The van der Waals surface area contributed by atoms with Crippen LogP contribution in [0.4, 0.5) is 5.69 Å². The van der Waals surface area contributed by atoms with E-state index in [1.54, 1.807) is 16.2 Å². The maximum Gasteiger partial charge on any atom is 0.333 e. The summed E-state index contributed by atoms with van der Waals surface area (Å²) in [5, 5.41) is 0. The molecule has 0 saturated carbocycles. The Labute approximate surface area is 110 Å². The van der Waals surface area contributed by atoms with Crippen LogP contribution >= 0.6 is 0 Å². The van der Waals surface area contributed by atoms with Crippen molar-refractivity contribution in [2.24, 2.45) is 7.05 Å². The molecule has 3 rings (SSSR count). The maximum atomic E-state index is 12.4. The zero-order valence-electron chi connectivity index (χ0n) is 10.9. The number of rotatable bonds is 1. The van der Waals surface area contributed by atoms with Crippen LogP contribution in [-0.4, -0.2) is 9.13 Å². The van der Waals surface area contributed by atoms with Gasteiger partial charge < -0.3 is 5.73 Å². The van der Waals surface area contributed by atoms with Crippen LogP contribution in [0.25, 0.3) is 16.7 Å². The Morgan fingerprint density at radius 2 is 1.74 bits per heavy atom. The topological polar surface area (TPSA) is 52.9 Å². The van der Waals surface area contributed by atoms with Gasteiger partial charge in [-0.3, -0.25) is 9.13 Å². The number of nitrogens with zero attached hydrogens (tertiary/aromatic N) is 2. The monoisotopic (exact) mass is 253 g/mol. The van der Waals surface area contributed by atoms with Crippen molar-refractivity contribution < 1.29 is 0 Å². The first-order chi connectivity index (χ1) is 9.09. The summed E-state index contributed by atoms with van der Waals surface area (Å²) in [5.74, 6) is 0. The molecule has 0 atom stereocenters. The van der Waals surface area contributed by atoms with Gasteiger partial charge >= 0.3 is 5.69 Å². The van der Waals surface area contributed by atoms with Crippen LogP contribution < -0.4 is 11.4 Å². The average molecular weight is 253 g/mol. The van der Waals surface area contributed by atoms with Crippen molar-refractivity contribution in [2.45, 2.75) is 6.92 Å². The van der Waals surface area contributed by atoms with Crippen molar-refractivity contribution in [2.75, 3.05) is 5.73 Å². The Morgan fingerprint density at radius 1 is 1.05 bits per heavy atom. The van der Waals surface area contributed by atoms with Crippen LogP contribution in [-0.2, 0) is 7.05 Å². The lowest BCUT2D eigenvalue weighted by molar-refractivity contribution is 0.844. The summed E-state index contributed by atoms with van der Waals surface area (Å²) in [4.78, 5) is 12.4. The Bertz CT molecular complexity index is 827. The molecular formula is C15H15N3O. The van der Waals surface area contributed by atoms with Gasteiger partial charge in [0.2, 0.25) is 0 Å². The van der Waals surface area contributed by atoms with Crippen LogP contribution in [0.2, 0.25) is 0 Å². The molecule has 4 nitrogen and oxygen atoms in total. The van der Waals surface area contributed by atoms with Crippen LogP contribution in [0.5, 0.6) is 0 Å². The second-order valence-corrected chi connectivity index (χ2v) is 4.71. The van der Waals surface area contributed by atoms with Gasteiger partial charge in [-0.15, -0.1) is 0 Å². The number of nitrogen functional groups attached to an aromatic ring is 1. The van der Waals surface area contributed by atoms with E-state index in [1.165, 1.54) is 0 Å². The zero-order chi connectivity index (χ0) is 13.6. The van der Waals surface area contributed by atoms with Crippen molar-refractivity contribution in [3.63, 3.8) is 0 Å². The number of nitrogens with two attached hydrogens (primary N) is 1. The van der Waals surface area contributed by atoms with Crippen molar-refractivity contribution in [3.8, 4) is 5.69 Å². The fourth-order valence-electron chi connectivity index (χ4n) is 2.39. The summed E-state index contributed by atoms with van der Waals surface area (Å²) >= 11 is 0. The number of anilines is 1. The van der Waals surface area contributed by atoms with Crippen molar-refractivity contribution in [1.82, 2.24) is 9.13 Å². The second-order valence-electron chi connectivity index (χ2n) is 4.71. The third kappa shape index (κ3) is 1.64. The molecule has 0 spiro atoms. The summed E-state index contributed by atoms with van der Waals surface area (Å²) in [5.41, 5.74) is 10.1. The Morgan fingerprint density at radius 3 is 2.47 bits per heavy atom. The van der Waals surface area contributed by atoms with Gasteiger partial charge in [0.1, 0.15) is 0 Å². The standard InChI is InChI=1S/C15H15N3O/c1-10-7-8-11(16)9-14(10)18-13-6-4-3-5-12(13)17(2)15(18)19/h3-9H,16H2,1-2H3. The molecule has 0 amide bonds. The number of para-hydroxylation sites is 2. The Kier molecular flexibility index (Phi) is 2.45. The SMILES string of the molecule is Cc1ccc(N)cc1-n1c(=O)n(C)c2ccccc21. The lowest BCUT2D eigenvalue weighted by Crippen LogP contribution is -2.21. The molecule has 0 aliphatic heterocycles. The largest absolute Gasteiger partial charge is 0.399 e. The van der Waals surface area contributed by atoms with E-state index in [9.17, 15) is 4.79 Å². The van der Waals surface area contributed by atoms with Gasteiger partial charge in [0, 0.05) is 12.7 Å². The minimum Gasteiger partial charge on any atom is -0.399 e. The van der Waals surface area contributed by atoms with Gasteiger partial charge in [-0.2, -0.15) is 0 Å². The lowest BCUT2D eigenvalue weighted by Gasteiger charge is -2.08. The highest BCUT2D eigenvalue weighted by Crippen LogP contribution is 2.21. The third-order valence-electron chi connectivity index (χ3n) is 3.44. The molecule has 4 heteroatoms. The van der Waals surface area contributed by atoms with Gasteiger partial charge in [0.25, 0.3) is 0 Å². The third-order valence-corrected chi connectivity index (χ3v) is 3.44. The molecule has 3 aromatic rings. The molecule has 0 fully saturated rings. The van der Waals surface area contributed by atoms with Crippen LogP contribution in [0.15, 0.2) is 47.3 Å². The van der Waals surface area contributed by atoms with Crippen molar-refractivity contribution >= 4 is 16.7 Å². The summed E-state index contributed by atoms with van der Waals surface area (Å²) in [6.45, 7) is 1.98. The molecule has 0 radical (unpaired) electrons. The Hall–Kier alpha value is -2.49. The molecule has 96 valence electrons. The summed E-state index contributed by atoms with van der Waals surface area (Å²) < 4.78 is 3.36.